The highest BCUT2D eigenvalue weighted by molar-refractivity contribution is 7.92. The van der Waals surface area contributed by atoms with Gasteiger partial charge in [-0.25, -0.2) is 23.0 Å². The molecule has 0 aliphatic carbocycles. The van der Waals surface area contributed by atoms with Crippen LogP contribution in [0.3, 0.4) is 0 Å². The molecular weight excluding hydrogens is 560 g/mol. The quantitative estimate of drug-likeness (QED) is 0.514. The Morgan fingerprint density at radius 1 is 1.23 bits per heavy atom. The van der Waals surface area contributed by atoms with Gasteiger partial charge in [-0.3, -0.25) is 4.79 Å². The number of amides is 1. The summed E-state index contributed by atoms with van der Waals surface area (Å²) in [5.74, 6) is -2.24. The van der Waals surface area contributed by atoms with Gasteiger partial charge in [-0.1, -0.05) is 11.6 Å². The first kappa shape index (κ1) is 27.6. The highest BCUT2D eigenvalue weighted by atomic mass is 35.5. The predicted octanol–water partition coefficient (Wildman–Crippen LogP) is 2.99. The summed E-state index contributed by atoms with van der Waals surface area (Å²) in [7, 11) is -2.65. The Hall–Kier alpha value is -2.97. The number of carbonyl (C=O) groups is 1. The van der Waals surface area contributed by atoms with Crippen molar-refractivity contribution in [1.29, 1.82) is 0 Å². The lowest BCUT2D eigenvalue weighted by Gasteiger charge is -2.17. The van der Waals surface area contributed by atoms with Crippen LogP contribution in [0.25, 0.3) is 6.08 Å². The van der Waals surface area contributed by atoms with Gasteiger partial charge < -0.3 is 24.1 Å². The summed E-state index contributed by atoms with van der Waals surface area (Å²) in [4.78, 5) is 20.5. The number of benzene rings is 1. The zero-order chi connectivity index (χ0) is 27.9. The molecule has 4 atom stereocenters. The largest absolute Gasteiger partial charge is 0.472 e. The molecule has 2 saturated heterocycles. The minimum Gasteiger partial charge on any atom is -0.472 e. The van der Waals surface area contributed by atoms with Crippen molar-refractivity contribution in [3.05, 3.63) is 57.8 Å². The number of carbonyl (C=O) groups excluding carboxylic acids is 1. The summed E-state index contributed by atoms with van der Waals surface area (Å²) >= 11 is 6.28. The first-order valence-corrected chi connectivity index (χ1v) is 14.5. The Balaban J connectivity index is 1.22. The lowest BCUT2D eigenvalue weighted by Crippen LogP contribution is -2.34. The van der Waals surface area contributed by atoms with E-state index in [1.165, 1.54) is 24.7 Å². The number of aliphatic hydroxyl groups excluding tert-OH is 1. The molecule has 0 saturated carbocycles. The minimum atomic E-state index is -2.65. The average molecular weight is 584 g/mol. The molecule has 14 heteroatoms. The van der Waals surface area contributed by atoms with E-state index in [9.17, 15) is 22.9 Å². The van der Waals surface area contributed by atoms with Crippen LogP contribution in [0.4, 0.5) is 14.5 Å². The van der Waals surface area contributed by atoms with E-state index >= 15 is 0 Å². The second-order valence-corrected chi connectivity index (χ2v) is 12.4. The summed E-state index contributed by atoms with van der Waals surface area (Å²) < 4.78 is 67.0. The molecule has 208 valence electrons. The van der Waals surface area contributed by atoms with Crippen LogP contribution in [-0.2, 0) is 41.8 Å². The van der Waals surface area contributed by atoms with Crippen molar-refractivity contribution in [2.24, 2.45) is 9.36 Å². The number of hydrogen-bond donors (Lipinski definition) is 1. The van der Waals surface area contributed by atoms with Gasteiger partial charge in [0.1, 0.15) is 41.6 Å². The van der Waals surface area contributed by atoms with Gasteiger partial charge in [0.15, 0.2) is 12.0 Å². The molecule has 3 aliphatic rings. The fourth-order valence-corrected chi connectivity index (χ4v) is 5.04. The molecule has 2 aromatic rings. The Morgan fingerprint density at radius 2 is 1.95 bits per heavy atom. The van der Waals surface area contributed by atoms with Crippen LogP contribution in [0, 0.1) is 11.6 Å². The van der Waals surface area contributed by atoms with Gasteiger partial charge >= 0.3 is 0 Å². The predicted molar refractivity (Wildman–Crippen MR) is 138 cm³/mol. The minimum absolute atomic E-state index is 0.0314. The summed E-state index contributed by atoms with van der Waals surface area (Å²) in [5.41, 5.74) is 0.695. The molecule has 10 nitrogen and oxygen atoms in total. The Labute approximate surface area is 227 Å². The average Bonchev–Trinajstić information content (AvgIpc) is 3.53. The van der Waals surface area contributed by atoms with E-state index < -0.39 is 58.3 Å². The van der Waals surface area contributed by atoms with Crippen molar-refractivity contribution < 1.29 is 41.8 Å². The molecule has 1 N–H and O–H groups in total. The monoisotopic (exact) mass is 583 g/mol. The van der Waals surface area contributed by atoms with Crippen molar-refractivity contribution in [2.75, 3.05) is 25.7 Å². The molecule has 0 bridgehead atoms. The van der Waals surface area contributed by atoms with E-state index in [2.05, 4.69) is 14.3 Å². The fraction of sp³-hybridized carbons (Fsp3) is 0.400. The lowest BCUT2D eigenvalue weighted by molar-refractivity contribution is -0.113. The smallest absolute Gasteiger partial charge is 0.277 e. The van der Waals surface area contributed by atoms with Crippen molar-refractivity contribution in [3.63, 3.8) is 0 Å². The van der Waals surface area contributed by atoms with E-state index in [1.54, 1.807) is 0 Å². The zero-order valence-corrected chi connectivity index (χ0v) is 22.4. The molecule has 5 rings (SSSR count). The van der Waals surface area contributed by atoms with Crippen molar-refractivity contribution >= 4 is 44.9 Å². The van der Waals surface area contributed by atoms with Crippen molar-refractivity contribution in [2.45, 2.75) is 37.4 Å². The third kappa shape index (κ3) is 6.28. The lowest BCUT2D eigenvalue weighted by atomic mass is 10.1. The van der Waals surface area contributed by atoms with E-state index in [4.69, 9.17) is 30.5 Å². The Kier molecular flexibility index (Phi) is 7.71. The van der Waals surface area contributed by atoms with Gasteiger partial charge in [-0.2, -0.15) is 4.36 Å². The first-order chi connectivity index (χ1) is 18.5. The SMILES string of the molecule is CS(C)(=O)=NC(=O)/C=C/c1cc(F)c(COc2nc3c(cc2Cl)N=C(O[C@@H]2CO[C@H]4[C@@H]2OC[C@H]4O)C3)c(F)c1. The van der Waals surface area contributed by atoms with Crippen LogP contribution >= 0.6 is 11.6 Å². The number of hydrogen-bond acceptors (Lipinski definition) is 9. The maximum Gasteiger partial charge on any atom is 0.277 e. The normalized spacial score (nSPS) is 24.0. The van der Waals surface area contributed by atoms with Gasteiger partial charge in [0.25, 0.3) is 5.91 Å². The van der Waals surface area contributed by atoms with E-state index in [0.29, 0.717) is 17.3 Å². The number of nitrogens with zero attached hydrogens (tertiary/aromatic N) is 3. The maximum atomic E-state index is 14.7. The van der Waals surface area contributed by atoms with Crippen LogP contribution < -0.4 is 4.74 Å². The van der Waals surface area contributed by atoms with Crippen molar-refractivity contribution in [3.8, 4) is 5.88 Å². The van der Waals surface area contributed by atoms with Crippen LogP contribution in [0.2, 0.25) is 5.02 Å². The third-order valence-electron chi connectivity index (χ3n) is 6.08. The molecule has 1 amide bonds. The molecular formula is C25H24ClF2N3O7S. The molecule has 0 spiro atoms. The van der Waals surface area contributed by atoms with Crippen molar-refractivity contribution in [1.82, 2.24) is 4.98 Å². The fourth-order valence-electron chi connectivity index (χ4n) is 4.34. The molecule has 2 fully saturated rings. The summed E-state index contributed by atoms with van der Waals surface area (Å²) in [6, 6.07) is 3.58. The van der Waals surface area contributed by atoms with Gasteiger partial charge in [0.05, 0.1) is 36.6 Å². The second kappa shape index (κ2) is 10.9. The standard InChI is InChI=1S/C25H24ClF2N3O7S/c1-39(2,34)31-21(33)4-3-12-5-15(27)13(16(28)6-12)9-37-25-14(26)7-17-18(30-25)8-22(29-17)38-20-11-36-23-19(32)10-35-24(20)23/h3-7,19-20,23-24,32H,8-11H2,1-2H3/b4-3+/t19-,20-,23-,24-/m1/s1. The number of aliphatic hydroxyl groups is 1. The van der Waals surface area contributed by atoms with E-state index in [1.807, 2.05) is 0 Å². The summed E-state index contributed by atoms with van der Waals surface area (Å²) in [5, 5.41) is 9.98. The summed E-state index contributed by atoms with van der Waals surface area (Å²) in [6.45, 7) is -0.0690. The number of fused-ring (bicyclic) bond motifs is 2. The van der Waals surface area contributed by atoms with Gasteiger partial charge in [-0.15, -0.1) is 0 Å². The number of halogens is 3. The zero-order valence-electron chi connectivity index (χ0n) is 20.8. The second-order valence-electron chi connectivity index (χ2n) is 9.44. The number of ether oxygens (including phenoxy) is 4. The summed E-state index contributed by atoms with van der Waals surface area (Å²) in [6.07, 6.45) is 3.03. The van der Waals surface area contributed by atoms with Crippen LogP contribution in [0.1, 0.15) is 16.8 Å². The molecule has 4 heterocycles. The molecule has 3 aliphatic heterocycles. The molecule has 1 aromatic carbocycles. The third-order valence-corrected chi connectivity index (χ3v) is 6.97. The molecule has 39 heavy (non-hydrogen) atoms. The Morgan fingerprint density at radius 3 is 2.67 bits per heavy atom. The number of rotatable bonds is 6. The number of aromatic nitrogens is 1. The van der Waals surface area contributed by atoms with Gasteiger partial charge in [0.2, 0.25) is 5.88 Å². The first-order valence-electron chi connectivity index (χ1n) is 11.8. The maximum absolute atomic E-state index is 14.7. The van der Waals surface area contributed by atoms with Gasteiger partial charge in [0, 0.05) is 28.3 Å². The van der Waals surface area contributed by atoms with Crippen LogP contribution in [0.15, 0.2) is 33.6 Å². The van der Waals surface area contributed by atoms with E-state index in [0.717, 1.165) is 18.2 Å². The van der Waals surface area contributed by atoms with Crippen LogP contribution in [-0.4, -0.2) is 76.2 Å². The van der Waals surface area contributed by atoms with E-state index in [-0.39, 0.29) is 41.7 Å². The Bertz CT molecular complexity index is 1480. The van der Waals surface area contributed by atoms with Gasteiger partial charge in [-0.05, 0) is 29.8 Å². The highest BCUT2D eigenvalue weighted by Crippen LogP contribution is 2.36. The topological polar surface area (TPSA) is 129 Å². The molecule has 0 radical (unpaired) electrons. The number of aliphatic imine (C=N–C) groups is 1. The highest BCUT2D eigenvalue weighted by Gasteiger charge is 2.49. The number of pyridine rings is 1. The van der Waals surface area contributed by atoms with Crippen LogP contribution in [0.5, 0.6) is 5.88 Å². The molecule has 1 aromatic heterocycles. The molecule has 0 unspecified atom stereocenters.